The first-order valence-corrected chi connectivity index (χ1v) is 5.41. The van der Waals surface area contributed by atoms with Gasteiger partial charge in [0.15, 0.2) is 11.6 Å². The normalized spacial score (nSPS) is 12.2. The van der Waals surface area contributed by atoms with Gasteiger partial charge in [0.2, 0.25) is 5.91 Å². The molecular formula is C12H15F2NO2. The van der Waals surface area contributed by atoms with Gasteiger partial charge < -0.3 is 10.4 Å². The molecule has 0 aliphatic heterocycles. The fraction of sp³-hybridized carbons (Fsp3) is 0.417. The van der Waals surface area contributed by atoms with Crippen molar-refractivity contribution in [3.63, 3.8) is 0 Å². The van der Waals surface area contributed by atoms with E-state index in [1.165, 1.54) is 6.07 Å². The molecule has 1 atom stereocenters. The van der Waals surface area contributed by atoms with Gasteiger partial charge in [-0.3, -0.25) is 4.79 Å². The van der Waals surface area contributed by atoms with Crippen molar-refractivity contribution in [3.8, 4) is 0 Å². The second-order valence-electron chi connectivity index (χ2n) is 3.78. The minimum absolute atomic E-state index is 0.0340. The maximum Gasteiger partial charge on any atom is 0.224 e. The van der Waals surface area contributed by atoms with E-state index in [-0.39, 0.29) is 25.0 Å². The third kappa shape index (κ3) is 4.11. The van der Waals surface area contributed by atoms with Crippen LogP contribution in [0.2, 0.25) is 0 Å². The van der Waals surface area contributed by atoms with Crippen LogP contribution in [0.3, 0.4) is 0 Å². The zero-order valence-corrected chi connectivity index (χ0v) is 9.54. The van der Waals surface area contributed by atoms with Crippen molar-refractivity contribution >= 4 is 5.91 Å². The lowest BCUT2D eigenvalue weighted by Crippen LogP contribution is -2.37. The smallest absolute Gasteiger partial charge is 0.224 e. The fourth-order valence-electron chi connectivity index (χ4n) is 1.39. The van der Waals surface area contributed by atoms with E-state index in [0.717, 1.165) is 12.1 Å². The van der Waals surface area contributed by atoms with E-state index in [2.05, 4.69) is 5.32 Å². The van der Waals surface area contributed by atoms with Gasteiger partial charge in [0, 0.05) is 0 Å². The number of hydrogen-bond acceptors (Lipinski definition) is 2. The summed E-state index contributed by atoms with van der Waals surface area (Å²) in [6.07, 6.45) is 0.577. The average molecular weight is 243 g/mol. The van der Waals surface area contributed by atoms with Gasteiger partial charge in [0.25, 0.3) is 0 Å². The summed E-state index contributed by atoms with van der Waals surface area (Å²) < 4.78 is 25.5. The number of rotatable bonds is 5. The zero-order valence-electron chi connectivity index (χ0n) is 9.54. The maximum absolute atomic E-state index is 12.9. The molecule has 94 valence electrons. The molecule has 0 spiro atoms. The third-order valence-electron chi connectivity index (χ3n) is 2.43. The molecule has 5 heteroatoms. The highest BCUT2D eigenvalue weighted by Crippen LogP contribution is 2.09. The summed E-state index contributed by atoms with van der Waals surface area (Å²) in [6, 6.07) is 3.04. The van der Waals surface area contributed by atoms with E-state index in [4.69, 9.17) is 5.11 Å². The Morgan fingerprint density at radius 3 is 2.65 bits per heavy atom. The number of halogens is 2. The Hall–Kier alpha value is -1.49. The van der Waals surface area contributed by atoms with Crippen LogP contribution in [0.4, 0.5) is 8.78 Å². The van der Waals surface area contributed by atoms with Gasteiger partial charge >= 0.3 is 0 Å². The van der Waals surface area contributed by atoms with Crippen LogP contribution in [0.1, 0.15) is 18.9 Å². The summed E-state index contributed by atoms with van der Waals surface area (Å²) in [5, 5.41) is 11.5. The average Bonchev–Trinajstić information content (AvgIpc) is 2.31. The number of nitrogens with one attached hydrogen (secondary N) is 1. The Morgan fingerprint density at radius 2 is 2.12 bits per heavy atom. The molecule has 1 rings (SSSR count). The molecule has 3 nitrogen and oxygen atoms in total. The topological polar surface area (TPSA) is 49.3 Å². The molecule has 1 amide bonds. The van der Waals surface area contributed by atoms with Crippen LogP contribution in [0.25, 0.3) is 0 Å². The first kappa shape index (κ1) is 13.6. The molecule has 0 saturated carbocycles. The number of aliphatic hydroxyl groups is 1. The highest BCUT2D eigenvalue weighted by atomic mass is 19.2. The molecule has 0 saturated heterocycles. The van der Waals surface area contributed by atoms with E-state index in [9.17, 15) is 13.6 Å². The van der Waals surface area contributed by atoms with Gasteiger partial charge in [-0.15, -0.1) is 0 Å². The van der Waals surface area contributed by atoms with E-state index < -0.39 is 11.6 Å². The first-order valence-electron chi connectivity index (χ1n) is 5.41. The summed E-state index contributed by atoms with van der Waals surface area (Å²) in [6.45, 7) is 1.69. The Balaban J connectivity index is 2.58. The van der Waals surface area contributed by atoms with Crippen molar-refractivity contribution in [1.82, 2.24) is 5.32 Å². The number of amides is 1. The van der Waals surface area contributed by atoms with E-state index >= 15 is 0 Å². The molecule has 1 aromatic carbocycles. The summed E-state index contributed by atoms with van der Waals surface area (Å²) >= 11 is 0. The predicted molar refractivity (Wildman–Crippen MR) is 59.4 cm³/mol. The van der Waals surface area contributed by atoms with Crippen LogP contribution in [0, 0.1) is 11.6 Å². The van der Waals surface area contributed by atoms with Gasteiger partial charge in [0.1, 0.15) is 0 Å². The zero-order chi connectivity index (χ0) is 12.8. The lowest BCUT2D eigenvalue weighted by Gasteiger charge is -2.13. The molecule has 0 heterocycles. The standard InChI is InChI=1S/C12H15F2NO2/c1-2-9(7-16)15-12(17)6-8-3-4-10(13)11(14)5-8/h3-5,9,16H,2,6-7H2,1H3,(H,15,17). The predicted octanol–water partition coefficient (Wildman–Crippen LogP) is 1.39. The molecule has 1 unspecified atom stereocenters. The molecule has 1 aromatic rings. The van der Waals surface area contributed by atoms with Crippen molar-refractivity contribution < 1.29 is 18.7 Å². The van der Waals surface area contributed by atoms with E-state index in [1.807, 2.05) is 6.92 Å². The van der Waals surface area contributed by atoms with Crippen molar-refractivity contribution in [2.75, 3.05) is 6.61 Å². The monoisotopic (exact) mass is 243 g/mol. The molecule has 0 aromatic heterocycles. The molecule has 0 aliphatic carbocycles. The second-order valence-corrected chi connectivity index (χ2v) is 3.78. The fourth-order valence-corrected chi connectivity index (χ4v) is 1.39. The van der Waals surface area contributed by atoms with Gasteiger partial charge in [-0.05, 0) is 24.1 Å². The van der Waals surface area contributed by atoms with Crippen LogP contribution in [0.5, 0.6) is 0 Å². The molecule has 0 radical (unpaired) electrons. The SMILES string of the molecule is CCC(CO)NC(=O)Cc1ccc(F)c(F)c1. The molecule has 2 N–H and O–H groups in total. The molecular weight excluding hydrogens is 228 g/mol. The minimum Gasteiger partial charge on any atom is -0.394 e. The van der Waals surface area contributed by atoms with Crippen LogP contribution in [0.15, 0.2) is 18.2 Å². The summed E-state index contributed by atoms with van der Waals surface area (Å²) in [5.74, 6) is -2.22. The molecule has 0 aliphatic rings. The highest BCUT2D eigenvalue weighted by Gasteiger charge is 2.11. The van der Waals surface area contributed by atoms with Crippen molar-refractivity contribution in [3.05, 3.63) is 35.4 Å². The maximum atomic E-state index is 12.9. The number of aliphatic hydroxyl groups excluding tert-OH is 1. The van der Waals surface area contributed by atoms with Crippen molar-refractivity contribution in [1.29, 1.82) is 0 Å². The summed E-state index contributed by atoms with van der Waals surface area (Å²) in [5.41, 5.74) is 0.397. The van der Waals surface area contributed by atoms with Crippen LogP contribution in [-0.4, -0.2) is 23.7 Å². The van der Waals surface area contributed by atoms with Gasteiger partial charge in [-0.2, -0.15) is 0 Å². The quantitative estimate of drug-likeness (QED) is 0.821. The number of benzene rings is 1. The summed E-state index contributed by atoms with van der Waals surface area (Å²) in [4.78, 5) is 11.5. The molecule has 0 bridgehead atoms. The van der Waals surface area contributed by atoms with Crippen LogP contribution in [-0.2, 0) is 11.2 Å². The van der Waals surface area contributed by atoms with Gasteiger partial charge in [0.05, 0.1) is 19.1 Å². The number of carbonyl (C=O) groups is 1. The van der Waals surface area contributed by atoms with Crippen molar-refractivity contribution in [2.24, 2.45) is 0 Å². The molecule has 0 fully saturated rings. The lowest BCUT2D eigenvalue weighted by atomic mass is 10.1. The first-order chi connectivity index (χ1) is 8.06. The molecule has 17 heavy (non-hydrogen) atoms. The Kier molecular flexibility index (Phi) is 5.03. The van der Waals surface area contributed by atoms with Gasteiger partial charge in [-0.1, -0.05) is 13.0 Å². The number of hydrogen-bond donors (Lipinski definition) is 2. The van der Waals surface area contributed by atoms with Crippen LogP contribution < -0.4 is 5.32 Å². The van der Waals surface area contributed by atoms with Crippen LogP contribution >= 0.6 is 0 Å². The summed E-state index contributed by atoms with van der Waals surface area (Å²) in [7, 11) is 0. The Morgan fingerprint density at radius 1 is 1.41 bits per heavy atom. The second kappa shape index (κ2) is 6.30. The Labute approximate surface area is 98.5 Å². The Bertz CT molecular complexity index is 392. The third-order valence-corrected chi connectivity index (χ3v) is 2.43. The minimum atomic E-state index is -0.968. The lowest BCUT2D eigenvalue weighted by molar-refractivity contribution is -0.121. The largest absolute Gasteiger partial charge is 0.394 e. The number of carbonyl (C=O) groups excluding carboxylic acids is 1. The van der Waals surface area contributed by atoms with E-state index in [0.29, 0.717) is 12.0 Å². The van der Waals surface area contributed by atoms with Gasteiger partial charge in [-0.25, -0.2) is 8.78 Å². The van der Waals surface area contributed by atoms with Crippen molar-refractivity contribution in [2.45, 2.75) is 25.8 Å². The van der Waals surface area contributed by atoms with E-state index in [1.54, 1.807) is 0 Å². The highest BCUT2D eigenvalue weighted by molar-refractivity contribution is 5.78.